The van der Waals surface area contributed by atoms with Gasteiger partial charge >= 0.3 is 5.97 Å². The number of likely N-dealkylation sites (N-methyl/N-ethyl adjacent to an activating group) is 1. The number of rotatable bonds is 8. The number of esters is 1. The van der Waals surface area contributed by atoms with Crippen molar-refractivity contribution in [2.45, 2.75) is 49.7 Å². The Balaban J connectivity index is 1.67. The fourth-order valence-corrected chi connectivity index (χ4v) is 7.46. The van der Waals surface area contributed by atoms with E-state index >= 15 is 0 Å². The van der Waals surface area contributed by atoms with Crippen LogP contribution in [0.5, 0.6) is 5.75 Å². The molecule has 2 aromatic rings. The van der Waals surface area contributed by atoms with E-state index < -0.39 is 5.60 Å². The Morgan fingerprint density at radius 2 is 2.14 bits per heavy atom. The molecule has 8 heteroatoms. The fourth-order valence-electron chi connectivity index (χ4n) is 6.12. The first kappa shape index (κ1) is 27.8. The van der Waals surface area contributed by atoms with Gasteiger partial charge in [-0.2, -0.15) is 0 Å². The summed E-state index contributed by atoms with van der Waals surface area (Å²) in [7, 11) is 3.70. The van der Waals surface area contributed by atoms with Gasteiger partial charge in [0.05, 0.1) is 5.60 Å². The molecule has 4 rings (SSSR count). The third-order valence-electron chi connectivity index (χ3n) is 7.97. The second-order valence-electron chi connectivity index (χ2n) is 10.0. The molecule has 0 bridgehead atoms. The summed E-state index contributed by atoms with van der Waals surface area (Å²) < 4.78 is 12.9. The molecule has 1 aromatic heterocycles. The van der Waals surface area contributed by atoms with Crippen LogP contribution >= 0.6 is 27.3 Å². The van der Waals surface area contributed by atoms with Crippen LogP contribution in [0.2, 0.25) is 0 Å². The van der Waals surface area contributed by atoms with Crippen LogP contribution in [0.25, 0.3) is 6.08 Å². The van der Waals surface area contributed by atoms with Crippen molar-refractivity contribution >= 4 is 45.2 Å². The molecule has 1 aliphatic carbocycles. The highest BCUT2D eigenvalue weighted by molar-refractivity contribution is 9.10. The summed E-state index contributed by atoms with van der Waals surface area (Å²) in [5.74, 6) is 0.187. The van der Waals surface area contributed by atoms with Crippen molar-refractivity contribution in [1.29, 1.82) is 0 Å². The van der Waals surface area contributed by atoms with Crippen LogP contribution in [0.1, 0.15) is 43.0 Å². The lowest BCUT2D eigenvalue weighted by atomic mass is 9.55. The van der Waals surface area contributed by atoms with Crippen LogP contribution in [0.3, 0.4) is 0 Å². The zero-order chi connectivity index (χ0) is 26.6. The number of carbonyl (C=O) groups is 2. The van der Waals surface area contributed by atoms with E-state index in [4.69, 9.17) is 9.47 Å². The molecule has 0 unspecified atom stereocenters. The molecule has 1 saturated carbocycles. The number of ether oxygens (including phenoxy) is 2. The molecule has 0 N–H and O–H groups in total. The van der Waals surface area contributed by atoms with E-state index in [9.17, 15) is 9.59 Å². The van der Waals surface area contributed by atoms with Gasteiger partial charge in [0.2, 0.25) is 5.91 Å². The maximum absolute atomic E-state index is 13.2. The smallest absolute Gasteiger partial charge is 0.308 e. The first-order valence-corrected chi connectivity index (χ1v) is 14.3. The van der Waals surface area contributed by atoms with Gasteiger partial charge in [0.15, 0.2) is 0 Å². The van der Waals surface area contributed by atoms with Crippen LogP contribution in [0.4, 0.5) is 0 Å². The van der Waals surface area contributed by atoms with Crippen LogP contribution in [-0.4, -0.2) is 67.1 Å². The summed E-state index contributed by atoms with van der Waals surface area (Å²) in [4.78, 5) is 30.2. The Labute approximate surface area is 232 Å². The molecular formula is C29H35BrN2O4S. The van der Waals surface area contributed by atoms with E-state index in [1.165, 1.54) is 6.92 Å². The molecule has 1 aromatic carbocycles. The summed E-state index contributed by atoms with van der Waals surface area (Å²) >= 11 is 5.06. The topological polar surface area (TPSA) is 59.1 Å². The van der Waals surface area contributed by atoms with Gasteiger partial charge in [-0.25, -0.2) is 0 Å². The number of amides is 1. The number of hydrogen-bond donors (Lipinski definition) is 0. The second kappa shape index (κ2) is 11.6. The molecule has 37 heavy (non-hydrogen) atoms. The monoisotopic (exact) mass is 586 g/mol. The van der Waals surface area contributed by atoms with E-state index in [2.05, 4.69) is 33.5 Å². The molecule has 3 atom stereocenters. The largest absolute Gasteiger partial charge is 0.427 e. The fraction of sp³-hybridized carbons (Fsp3) is 0.448. The van der Waals surface area contributed by atoms with E-state index in [1.54, 1.807) is 24.5 Å². The van der Waals surface area contributed by atoms with Crippen LogP contribution < -0.4 is 4.74 Å². The highest BCUT2D eigenvalue weighted by atomic mass is 79.9. The summed E-state index contributed by atoms with van der Waals surface area (Å²) in [6, 6.07) is 9.91. The van der Waals surface area contributed by atoms with Crippen molar-refractivity contribution < 1.29 is 19.1 Å². The number of benzene rings is 1. The molecule has 1 saturated heterocycles. The van der Waals surface area contributed by atoms with E-state index in [-0.39, 0.29) is 23.3 Å². The summed E-state index contributed by atoms with van der Waals surface area (Å²) in [6.45, 7) is 7.83. The molecular weight excluding hydrogens is 552 g/mol. The predicted molar refractivity (Wildman–Crippen MR) is 152 cm³/mol. The number of carbonyl (C=O) groups excluding carboxylic acids is 2. The van der Waals surface area contributed by atoms with Crippen molar-refractivity contribution in [2.75, 3.05) is 33.8 Å². The van der Waals surface area contributed by atoms with Gasteiger partial charge in [-0.1, -0.05) is 18.2 Å². The van der Waals surface area contributed by atoms with Crippen LogP contribution in [-0.2, 0) is 19.7 Å². The number of hydrogen-bond acceptors (Lipinski definition) is 6. The Hall–Kier alpha value is -2.26. The lowest BCUT2D eigenvalue weighted by molar-refractivity contribution is -0.157. The number of halogens is 1. The first-order valence-electron chi connectivity index (χ1n) is 12.6. The lowest BCUT2D eigenvalue weighted by Crippen LogP contribution is -2.68. The van der Waals surface area contributed by atoms with Crippen molar-refractivity contribution in [3.8, 4) is 5.75 Å². The minimum atomic E-state index is -0.428. The van der Waals surface area contributed by atoms with Crippen molar-refractivity contribution in [3.63, 3.8) is 0 Å². The van der Waals surface area contributed by atoms with Gasteiger partial charge in [0, 0.05) is 66.4 Å². The van der Waals surface area contributed by atoms with Gasteiger partial charge in [0.25, 0.3) is 0 Å². The molecule has 0 spiro atoms. The normalized spacial score (nSPS) is 26.0. The van der Waals surface area contributed by atoms with Crippen LogP contribution in [0.15, 0.2) is 58.9 Å². The van der Waals surface area contributed by atoms with Crippen molar-refractivity contribution in [3.05, 3.63) is 69.4 Å². The molecule has 2 heterocycles. The number of methoxy groups -OCH3 is 1. The predicted octanol–water partition coefficient (Wildman–Crippen LogP) is 5.67. The first-order chi connectivity index (χ1) is 17.7. The molecule has 2 aliphatic rings. The molecule has 1 aliphatic heterocycles. The maximum atomic E-state index is 13.2. The SMILES string of the molecule is C=CCN1CC[C@@]2(c3cccc(OC(C)=O)c3)C[C@H](N(C)C(=O)/C=C/c3cc(Br)cs3)CC[C@]2(OC)C1. The Morgan fingerprint density at radius 3 is 2.81 bits per heavy atom. The second-order valence-corrected chi connectivity index (χ2v) is 11.9. The van der Waals surface area contributed by atoms with E-state index in [1.807, 2.05) is 53.7 Å². The van der Waals surface area contributed by atoms with Gasteiger partial charge in [0.1, 0.15) is 5.75 Å². The zero-order valence-corrected chi connectivity index (χ0v) is 24.1. The highest BCUT2D eigenvalue weighted by Gasteiger charge is 2.59. The molecule has 6 nitrogen and oxygen atoms in total. The minimum absolute atomic E-state index is 0.00709. The third kappa shape index (κ3) is 5.77. The average Bonchev–Trinajstić information content (AvgIpc) is 3.31. The van der Waals surface area contributed by atoms with Gasteiger partial charge in [-0.3, -0.25) is 14.5 Å². The number of thiophene rings is 1. The highest BCUT2D eigenvalue weighted by Crippen LogP contribution is 2.54. The molecule has 198 valence electrons. The summed E-state index contributed by atoms with van der Waals surface area (Å²) in [5, 5.41) is 2.01. The Morgan fingerprint density at radius 1 is 1.32 bits per heavy atom. The standard InChI is InChI=1S/C29H35BrN2O4S/c1-5-14-32-15-13-28(22-7-6-8-25(16-22)36-21(2)33)18-24(11-12-29(28,20-32)35-4)31(3)27(34)10-9-26-17-23(30)19-37-26/h5-10,16-17,19,24H,1,11-15,18,20H2,2-4H3/b10-9+/t24-,28+,29+/m1/s1. The number of fused-ring (bicyclic) bond motifs is 1. The van der Waals surface area contributed by atoms with E-state index in [0.717, 1.165) is 60.2 Å². The molecule has 1 amide bonds. The summed E-state index contributed by atoms with van der Waals surface area (Å²) in [5.41, 5.74) is 0.327. The number of likely N-dealkylation sites (tertiary alicyclic amines) is 1. The Bertz CT molecular complexity index is 1180. The Kier molecular flexibility index (Phi) is 8.74. The van der Waals surface area contributed by atoms with Gasteiger partial charge in [-0.05, 0) is 78.0 Å². The third-order valence-corrected chi connectivity index (χ3v) is 9.63. The van der Waals surface area contributed by atoms with Crippen molar-refractivity contribution in [1.82, 2.24) is 9.80 Å². The number of nitrogens with zero attached hydrogens (tertiary/aromatic N) is 2. The molecule has 2 fully saturated rings. The molecule has 0 radical (unpaired) electrons. The van der Waals surface area contributed by atoms with Crippen LogP contribution in [0, 0.1) is 0 Å². The van der Waals surface area contributed by atoms with E-state index in [0.29, 0.717) is 5.75 Å². The van der Waals surface area contributed by atoms with Gasteiger partial charge < -0.3 is 14.4 Å². The average molecular weight is 588 g/mol. The quantitative estimate of drug-likeness (QED) is 0.172. The maximum Gasteiger partial charge on any atom is 0.308 e. The van der Waals surface area contributed by atoms with Gasteiger partial charge in [-0.15, -0.1) is 17.9 Å². The van der Waals surface area contributed by atoms with Crippen molar-refractivity contribution in [2.24, 2.45) is 0 Å². The lowest BCUT2D eigenvalue weighted by Gasteiger charge is -2.60. The minimum Gasteiger partial charge on any atom is -0.427 e. The zero-order valence-electron chi connectivity index (χ0n) is 21.7. The summed E-state index contributed by atoms with van der Waals surface area (Å²) in [6.07, 6.45) is 8.79. The number of piperidine rings is 1.